The molecular formula is C15H25NO4. The van der Waals surface area contributed by atoms with E-state index in [0.717, 1.165) is 0 Å². The minimum absolute atomic E-state index is 0.00766. The molecule has 1 aromatic rings. The molecule has 0 bridgehead atoms. The van der Waals surface area contributed by atoms with E-state index in [-0.39, 0.29) is 12.6 Å². The number of rotatable bonds is 8. The van der Waals surface area contributed by atoms with Crippen molar-refractivity contribution in [2.24, 2.45) is 0 Å². The maximum atomic E-state index is 9.52. The van der Waals surface area contributed by atoms with Crippen LogP contribution in [0.3, 0.4) is 0 Å². The fourth-order valence-corrected chi connectivity index (χ4v) is 1.94. The highest BCUT2D eigenvalue weighted by molar-refractivity contribution is 5.42. The summed E-state index contributed by atoms with van der Waals surface area (Å²) in [4.78, 5) is 0. The molecule has 0 fully saturated rings. The summed E-state index contributed by atoms with van der Waals surface area (Å²) in [6.07, 6.45) is 0. The van der Waals surface area contributed by atoms with Crippen LogP contribution in [0.25, 0.3) is 0 Å². The zero-order chi connectivity index (χ0) is 15.2. The minimum atomic E-state index is -0.496. The zero-order valence-electron chi connectivity index (χ0n) is 12.9. The lowest BCUT2D eigenvalue weighted by atomic mass is 10.0. The van der Waals surface area contributed by atoms with Gasteiger partial charge in [-0.1, -0.05) is 13.8 Å². The summed E-state index contributed by atoms with van der Waals surface area (Å²) in [5, 5.41) is 12.8. The van der Waals surface area contributed by atoms with Crippen molar-refractivity contribution in [3.05, 3.63) is 18.2 Å². The van der Waals surface area contributed by atoms with E-state index < -0.39 is 5.54 Å². The molecule has 0 amide bonds. The number of aliphatic hydroxyl groups is 1. The van der Waals surface area contributed by atoms with Gasteiger partial charge in [0.05, 0.1) is 26.4 Å². The van der Waals surface area contributed by atoms with Crippen molar-refractivity contribution in [1.82, 2.24) is 5.32 Å². The van der Waals surface area contributed by atoms with E-state index in [1.54, 1.807) is 32.4 Å². The number of methoxy groups -OCH3 is 2. The van der Waals surface area contributed by atoms with Gasteiger partial charge in [-0.25, -0.2) is 0 Å². The molecule has 0 saturated heterocycles. The van der Waals surface area contributed by atoms with Crippen LogP contribution < -0.4 is 19.5 Å². The molecule has 1 unspecified atom stereocenters. The number of hydrogen-bond acceptors (Lipinski definition) is 5. The monoisotopic (exact) mass is 283 g/mol. The lowest BCUT2D eigenvalue weighted by Crippen LogP contribution is -2.53. The molecule has 114 valence electrons. The van der Waals surface area contributed by atoms with Gasteiger partial charge in [-0.2, -0.15) is 0 Å². The van der Waals surface area contributed by atoms with E-state index in [1.807, 2.05) is 20.8 Å². The summed E-state index contributed by atoms with van der Waals surface area (Å²) in [5.74, 6) is 1.98. The molecule has 0 saturated carbocycles. The fourth-order valence-electron chi connectivity index (χ4n) is 1.94. The second-order valence-electron chi connectivity index (χ2n) is 5.35. The van der Waals surface area contributed by atoms with E-state index in [0.29, 0.717) is 23.9 Å². The van der Waals surface area contributed by atoms with Crippen LogP contribution in [0.2, 0.25) is 0 Å². The van der Waals surface area contributed by atoms with Crippen molar-refractivity contribution in [2.45, 2.75) is 32.4 Å². The predicted molar refractivity (Wildman–Crippen MR) is 78.8 cm³/mol. The molecule has 1 atom stereocenters. The van der Waals surface area contributed by atoms with Crippen molar-refractivity contribution < 1.29 is 19.3 Å². The molecule has 0 heterocycles. The fraction of sp³-hybridized carbons (Fsp3) is 0.600. The van der Waals surface area contributed by atoms with Gasteiger partial charge in [-0.15, -0.1) is 0 Å². The molecule has 5 heteroatoms. The molecular weight excluding hydrogens is 258 g/mol. The van der Waals surface area contributed by atoms with Crippen LogP contribution >= 0.6 is 0 Å². The second kappa shape index (κ2) is 7.36. The van der Waals surface area contributed by atoms with Gasteiger partial charge in [0.15, 0.2) is 0 Å². The average Bonchev–Trinajstić information content (AvgIpc) is 2.44. The number of benzene rings is 1. The van der Waals surface area contributed by atoms with Crippen molar-refractivity contribution in [1.29, 1.82) is 0 Å². The smallest absolute Gasteiger partial charge is 0.126 e. The van der Waals surface area contributed by atoms with Gasteiger partial charge in [0, 0.05) is 24.2 Å². The van der Waals surface area contributed by atoms with Gasteiger partial charge in [-0.3, -0.25) is 0 Å². The normalized spacial score (nSPS) is 13.9. The van der Waals surface area contributed by atoms with Crippen LogP contribution in [0.1, 0.15) is 20.8 Å². The van der Waals surface area contributed by atoms with Crippen molar-refractivity contribution >= 4 is 0 Å². The largest absolute Gasteiger partial charge is 0.496 e. The first-order valence-corrected chi connectivity index (χ1v) is 6.67. The van der Waals surface area contributed by atoms with Gasteiger partial charge in [0.2, 0.25) is 0 Å². The Hall–Kier alpha value is -1.46. The van der Waals surface area contributed by atoms with Gasteiger partial charge in [-0.05, 0) is 6.92 Å². The highest BCUT2D eigenvalue weighted by atomic mass is 16.5. The molecule has 0 aromatic heterocycles. The summed E-state index contributed by atoms with van der Waals surface area (Å²) < 4.78 is 16.2. The van der Waals surface area contributed by atoms with Crippen LogP contribution in [-0.2, 0) is 0 Å². The van der Waals surface area contributed by atoms with E-state index in [2.05, 4.69) is 5.32 Å². The summed E-state index contributed by atoms with van der Waals surface area (Å²) in [6, 6.07) is 5.62. The standard InChI is InChI=1S/C15H25NO4/c1-11(2)16-15(3,9-17)10-20-14-7-12(18-4)6-13(8-14)19-5/h6-8,11,16-17H,9-10H2,1-5H3. The van der Waals surface area contributed by atoms with E-state index in [9.17, 15) is 5.11 Å². The Morgan fingerprint density at radius 2 is 1.60 bits per heavy atom. The molecule has 20 heavy (non-hydrogen) atoms. The third-order valence-corrected chi connectivity index (χ3v) is 2.87. The second-order valence-corrected chi connectivity index (χ2v) is 5.35. The Morgan fingerprint density at radius 3 is 2.00 bits per heavy atom. The molecule has 0 aliphatic heterocycles. The molecule has 0 spiro atoms. The summed E-state index contributed by atoms with van der Waals surface area (Å²) in [7, 11) is 3.19. The minimum Gasteiger partial charge on any atom is -0.496 e. The molecule has 1 aromatic carbocycles. The highest BCUT2D eigenvalue weighted by Crippen LogP contribution is 2.27. The maximum Gasteiger partial charge on any atom is 0.126 e. The van der Waals surface area contributed by atoms with Gasteiger partial charge in [0.25, 0.3) is 0 Å². The Balaban J connectivity index is 2.77. The number of aliphatic hydroxyl groups excluding tert-OH is 1. The van der Waals surface area contributed by atoms with Gasteiger partial charge >= 0.3 is 0 Å². The summed E-state index contributed by atoms with van der Waals surface area (Å²) >= 11 is 0. The summed E-state index contributed by atoms with van der Waals surface area (Å²) in [6.45, 7) is 6.32. The van der Waals surface area contributed by atoms with Crippen molar-refractivity contribution in [3.8, 4) is 17.2 Å². The average molecular weight is 283 g/mol. The molecule has 1 rings (SSSR count). The molecule has 0 aliphatic rings. The SMILES string of the molecule is COc1cc(OC)cc(OCC(C)(CO)NC(C)C)c1. The Morgan fingerprint density at radius 1 is 1.10 bits per heavy atom. The maximum absolute atomic E-state index is 9.52. The first-order chi connectivity index (χ1) is 9.42. The van der Waals surface area contributed by atoms with Crippen LogP contribution in [0.5, 0.6) is 17.2 Å². The predicted octanol–water partition coefficient (Wildman–Crippen LogP) is 1.83. The third-order valence-electron chi connectivity index (χ3n) is 2.87. The van der Waals surface area contributed by atoms with Crippen molar-refractivity contribution in [3.63, 3.8) is 0 Å². The van der Waals surface area contributed by atoms with E-state index >= 15 is 0 Å². The van der Waals surface area contributed by atoms with Crippen LogP contribution in [0.15, 0.2) is 18.2 Å². The first-order valence-electron chi connectivity index (χ1n) is 6.67. The third kappa shape index (κ3) is 4.90. The van der Waals surface area contributed by atoms with Crippen molar-refractivity contribution in [2.75, 3.05) is 27.4 Å². The molecule has 0 aliphatic carbocycles. The number of nitrogens with one attached hydrogen (secondary N) is 1. The lowest BCUT2D eigenvalue weighted by molar-refractivity contribution is 0.108. The molecule has 0 radical (unpaired) electrons. The van der Waals surface area contributed by atoms with E-state index in [1.165, 1.54) is 0 Å². The molecule has 5 nitrogen and oxygen atoms in total. The Labute approximate surface area is 120 Å². The summed E-state index contributed by atoms with van der Waals surface area (Å²) in [5.41, 5.74) is -0.496. The quantitative estimate of drug-likeness (QED) is 0.762. The van der Waals surface area contributed by atoms with E-state index in [4.69, 9.17) is 14.2 Å². The van der Waals surface area contributed by atoms with Gasteiger partial charge < -0.3 is 24.6 Å². The highest BCUT2D eigenvalue weighted by Gasteiger charge is 2.25. The van der Waals surface area contributed by atoms with Gasteiger partial charge in [0.1, 0.15) is 23.9 Å². The Kier molecular flexibility index (Phi) is 6.10. The zero-order valence-corrected chi connectivity index (χ0v) is 12.9. The number of hydrogen-bond donors (Lipinski definition) is 2. The van der Waals surface area contributed by atoms with Crippen LogP contribution in [0, 0.1) is 0 Å². The number of ether oxygens (including phenoxy) is 3. The van der Waals surface area contributed by atoms with Crippen LogP contribution in [-0.4, -0.2) is 44.1 Å². The van der Waals surface area contributed by atoms with Crippen LogP contribution in [0.4, 0.5) is 0 Å². The molecule has 2 N–H and O–H groups in total. The topological polar surface area (TPSA) is 60.0 Å². The first kappa shape index (κ1) is 16.6. The Bertz CT molecular complexity index is 400. The lowest BCUT2D eigenvalue weighted by Gasteiger charge is -2.31.